The summed E-state index contributed by atoms with van der Waals surface area (Å²) in [6, 6.07) is 0. The van der Waals surface area contributed by atoms with Crippen LogP contribution in [0, 0.1) is 0 Å². The molecular formula is C8H26As4O5S2. The average Bonchev–Trinajstić information content (AvgIpc) is 2.49. The van der Waals surface area contributed by atoms with E-state index in [1.807, 2.05) is 0 Å². The maximum atomic E-state index is 9.39. The van der Waals surface area contributed by atoms with Gasteiger partial charge in [0.05, 0.1) is 0 Å². The monoisotopic (exact) mass is 566 g/mol. The minimum absolute atomic E-state index is 0.188. The Morgan fingerprint density at radius 1 is 1.05 bits per heavy atom. The molecule has 1 rings (SSSR count). The molecule has 1 heterocycles. The Hall–Kier alpha value is 2.57. The third kappa shape index (κ3) is 77.4. The molecule has 120 valence electrons. The van der Waals surface area contributed by atoms with Crippen molar-refractivity contribution >= 4 is 76.5 Å². The summed E-state index contributed by atoms with van der Waals surface area (Å²) in [5.74, 6) is 2.86. The molecule has 1 aliphatic heterocycles. The second kappa shape index (κ2) is 16.9. The molecule has 1 aliphatic rings. The van der Waals surface area contributed by atoms with Crippen LogP contribution in [0.5, 0.6) is 0 Å². The summed E-state index contributed by atoms with van der Waals surface area (Å²) in [7, 11) is 4.41. The van der Waals surface area contributed by atoms with Gasteiger partial charge in [-0.15, -0.1) is 0 Å². The van der Waals surface area contributed by atoms with Crippen LogP contribution in [0.1, 0.15) is 0 Å². The van der Waals surface area contributed by atoms with E-state index in [0.29, 0.717) is 0 Å². The van der Waals surface area contributed by atoms with E-state index in [2.05, 4.69) is 42.9 Å². The Bertz CT molecular complexity index is 201. The number of rotatable bonds is 0. The van der Waals surface area contributed by atoms with E-state index in [0.717, 1.165) is 5.71 Å². The van der Waals surface area contributed by atoms with E-state index in [4.69, 9.17) is 16.4 Å². The van der Waals surface area contributed by atoms with Gasteiger partial charge in [-0.3, -0.25) is 0 Å². The van der Waals surface area contributed by atoms with E-state index in [1.165, 1.54) is 17.2 Å². The predicted molar refractivity (Wildman–Crippen MR) is 92.7 cm³/mol. The molecule has 0 radical (unpaired) electrons. The maximum absolute atomic E-state index is 9.39. The first-order chi connectivity index (χ1) is 8.36. The number of hydrogen-bond donors (Lipinski definition) is 4. The van der Waals surface area contributed by atoms with Crippen molar-refractivity contribution in [3.05, 3.63) is 0 Å². The average molecular weight is 566 g/mol. The summed E-state index contributed by atoms with van der Waals surface area (Å²) in [6.45, 7) is 0. The first-order valence-corrected chi connectivity index (χ1v) is 27.0. The molecule has 5 nitrogen and oxygen atoms in total. The van der Waals surface area contributed by atoms with Crippen molar-refractivity contribution in [3.63, 3.8) is 0 Å². The molecule has 0 spiro atoms. The van der Waals surface area contributed by atoms with Crippen molar-refractivity contribution in [2.75, 3.05) is 11.5 Å². The van der Waals surface area contributed by atoms with E-state index < -0.39 is 29.5 Å². The van der Waals surface area contributed by atoms with Gasteiger partial charge in [-0.2, -0.15) is 0 Å². The van der Waals surface area contributed by atoms with Gasteiger partial charge in [-0.05, 0) is 0 Å². The molecule has 11 heteroatoms. The summed E-state index contributed by atoms with van der Waals surface area (Å²) in [5, 5.41) is 0. The Balaban J connectivity index is -0.000000184. The Morgan fingerprint density at radius 2 is 1.21 bits per heavy atom. The van der Waals surface area contributed by atoms with Gasteiger partial charge in [-0.1, -0.05) is 0 Å². The van der Waals surface area contributed by atoms with Crippen LogP contribution in [0.4, 0.5) is 0 Å². The zero-order valence-corrected chi connectivity index (χ0v) is 21.4. The van der Waals surface area contributed by atoms with Crippen molar-refractivity contribution in [2.24, 2.45) is 0 Å². The van der Waals surface area contributed by atoms with Gasteiger partial charge in [0, 0.05) is 0 Å². The molecule has 0 atom stereocenters. The standard InChI is InChI=1S/C3H7AsS2.C3H9As.CH5AsO3.CH5AsO2/c1-4-5-2-3-6-4;1-4(2)3;1-2(3,4)5;1-2(3)4/h2-3H2,1H3;1-3H3;1H3,(H2,3,4,5);3-4H,1H3. The topological polar surface area (TPSA) is 98.0 Å². The summed E-state index contributed by atoms with van der Waals surface area (Å²) in [4.78, 5) is 0. The zero-order valence-electron chi connectivity index (χ0n) is 12.2. The van der Waals surface area contributed by atoms with Gasteiger partial charge in [0.15, 0.2) is 0 Å². The normalized spacial score (nSPS) is 14.9. The first kappa shape index (κ1) is 26.5. The van der Waals surface area contributed by atoms with Gasteiger partial charge in [0.1, 0.15) is 0 Å². The molecule has 0 aromatic heterocycles. The van der Waals surface area contributed by atoms with Crippen LogP contribution in [0.15, 0.2) is 0 Å². The Kier molecular flexibility index (Phi) is 23.6. The fourth-order valence-electron chi connectivity index (χ4n) is 0.369. The van der Waals surface area contributed by atoms with Crippen molar-refractivity contribution in [2.45, 2.75) is 34.3 Å². The molecule has 0 aliphatic carbocycles. The molecule has 19 heavy (non-hydrogen) atoms. The summed E-state index contributed by atoms with van der Waals surface area (Å²) in [5.41, 5.74) is 11.7. The van der Waals surface area contributed by atoms with Crippen LogP contribution in [0.2, 0.25) is 34.3 Å². The fraction of sp³-hybridized carbons (Fsp3) is 1.00. The molecule has 1 saturated heterocycles. The molecule has 0 unspecified atom stereocenters. The van der Waals surface area contributed by atoms with Crippen LogP contribution in [-0.4, -0.2) is 84.4 Å². The summed E-state index contributed by atoms with van der Waals surface area (Å²) < 4.78 is 40.3. The van der Waals surface area contributed by atoms with E-state index in [9.17, 15) is 3.74 Å². The van der Waals surface area contributed by atoms with Gasteiger partial charge in [0.25, 0.3) is 0 Å². The van der Waals surface area contributed by atoms with Crippen molar-refractivity contribution in [1.82, 2.24) is 0 Å². The van der Waals surface area contributed by atoms with E-state index in [1.54, 1.807) is 0 Å². The number of hydrogen-bond acceptors (Lipinski definition) is 5. The van der Waals surface area contributed by atoms with Crippen molar-refractivity contribution in [3.8, 4) is 0 Å². The molecule has 0 aromatic rings. The quantitative estimate of drug-likeness (QED) is 0.326. The van der Waals surface area contributed by atoms with Gasteiger partial charge < -0.3 is 0 Å². The van der Waals surface area contributed by atoms with Gasteiger partial charge in [0.2, 0.25) is 0 Å². The van der Waals surface area contributed by atoms with Crippen molar-refractivity contribution < 1.29 is 20.1 Å². The summed E-state index contributed by atoms with van der Waals surface area (Å²) in [6.07, 6.45) is 0. The van der Waals surface area contributed by atoms with E-state index >= 15 is 0 Å². The van der Waals surface area contributed by atoms with Crippen LogP contribution < -0.4 is 0 Å². The molecule has 0 bridgehead atoms. The van der Waals surface area contributed by atoms with Crippen molar-refractivity contribution in [1.29, 1.82) is 0 Å². The van der Waals surface area contributed by atoms with Crippen LogP contribution in [0.25, 0.3) is 0 Å². The molecule has 0 amide bonds. The minimum atomic E-state index is -4.12. The van der Waals surface area contributed by atoms with Crippen LogP contribution >= 0.6 is 20.0 Å². The molecule has 4 N–H and O–H groups in total. The molecule has 1 fully saturated rings. The van der Waals surface area contributed by atoms with Crippen LogP contribution in [-0.2, 0) is 3.74 Å². The zero-order chi connectivity index (χ0) is 16.1. The summed E-state index contributed by atoms with van der Waals surface area (Å²) >= 11 is -6.77. The third-order valence-corrected chi connectivity index (χ3v) is 12.6. The first-order valence-electron chi connectivity index (χ1n) is 5.11. The Labute approximate surface area is 141 Å². The molecule has 0 aromatic carbocycles. The molecular weight excluding hydrogens is 540 g/mol. The van der Waals surface area contributed by atoms with E-state index in [-0.39, 0.29) is 27.0 Å². The Morgan fingerprint density at radius 3 is 1.26 bits per heavy atom. The predicted octanol–water partition coefficient (Wildman–Crippen LogP) is 1.01. The SMILES string of the molecule is C[As](=O)(O)O.C[As](C)C.C[As](O)O.C[As]1SCCS1. The molecule has 0 saturated carbocycles. The van der Waals surface area contributed by atoms with Gasteiger partial charge in [-0.25, -0.2) is 0 Å². The third-order valence-electron chi connectivity index (χ3n) is 0.630. The van der Waals surface area contributed by atoms with Gasteiger partial charge >= 0.3 is 142 Å². The second-order valence-corrected chi connectivity index (χ2v) is 28.3. The second-order valence-electron chi connectivity index (χ2n) is 3.77. The van der Waals surface area contributed by atoms with Crippen LogP contribution in [0.3, 0.4) is 0 Å². The fourth-order valence-corrected chi connectivity index (χ4v) is 11.6.